The van der Waals surface area contributed by atoms with Gasteiger partial charge in [-0.05, 0) is 31.4 Å². The number of ether oxygens (including phenoxy) is 1. The van der Waals surface area contributed by atoms with Crippen molar-refractivity contribution in [2.45, 2.75) is 19.3 Å². The first-order valence-electron chi connectivity index (χ1n) is 6.03. The van der Waals surface area contributed by atoms with Crippen LogP contribution in [0, 0.1) is 0 Å². The van der Waals surface area contributed by atoms with Gasteiger partial charge in [-0.2, -0.15) is 0 Å². The Labute approximate surface area is 111 Å². The molecule has 0 radical (unpaired) electrons. The monoisotopic (exact) mass is 263 g/mol. The molecule has 0 aliphatic heterocycles. The molecule has 0 aliphatic carbocycles. The highest BCUT2D eigenvalue weighted by molar-refractivity contribution is 7.09. The highest BCUT2D eigenvalue weighted by Crippen LogP contribution is 2.25. The minimum atomic E-state index is 0.258. The number of rotatable bonds is 6. The van der Waals surface area contributed by atoms with Gasteiger partial charge in [0.1, 0.15) is 5.75 Å². The largest absolute Gasteiger partial charge is 0.497 e. The smallest absolute Gasteiger partial charge is 0.119 e. The van der Waals surface area contributed by atoms with Crippen molar-refractivity contribution in [3.05, 3.63) is 34.7 Å². The molecule has 0 bridgehead atoms. The van der Waals surface area contributed by atoms with E-state index in [0.29, 0.717) is 0 Å². The summed E-state index contributed by atoms with van der Waals surface area (Å²) in [7, 11) is 1.67. The van der Waals surface area contributed by atoms with Gasteiger partial charge in [0, 0.05) is 17.6 Å². The fourth-order valence-corrected chi connectivity index (χ4v) is 2.58. The number of thiazole rings is 1. The second kappa shape index (κ2) is 6.52. The maximum Gasteiger partial charge on any atom is 0.119 e. The standard InChI is InChI=1S/C14H17NO2S/c1-17-12-6-4-5-11(9-12)13-10-18-14(15-13)7-2-3-8-16/h4-6,9-10,16H,2-3,7-8H2,1H3. The summed E-state index contributed by atoms with van der Waals surface area (Å²) in [6.45, 7) is 0.258. The minimum Gasteiger partial charge on any atom is -0.497 e. The summed E-state index contributed by atoms with van der Waals surface area (Å²) in [5, 5.41) is 12.0. The average Bonchev–Trinajstić information content (AvgIpc) is 2.88. The maximum atomic E-state index is 8.75. The first kappa shape index (κ1) is 13.1. The molecule has 4 heteroatoms. The third-order valence-electron chi connectivity index (χ3n) is 2.72. The summed E-state index contributed by atoms with van der Waals surface area (Å²) in [5.41, 5.74) is 2.08. The molecule has 1 aromatic carbocycles. The van der Waals surface area contributed by atoms with Crippen LogP contribution in [0.1, 0.15) is 17.8 Å². The van der Waals surface area contributed by atoms with Crippen molar-refractivity contribution in [2.75, 3.05) is 13.7 Å². The summed E-state index contributed by atoms with van der Waals surface area (Å²) in [6.07, 6.45) is 2.77. The summed E-state index contributed by atoms with van der Waals surface area (Å²) in [5.74, 6) is 0.849. The molecule has 0 spiro atoms. The van der Waals surface area contributed by atoms with Crippen molar-refractivity contribution in [1.29, 1.82) is 0 Å². The molecule has 2 aromatic rings. The number of hydrogen-bond donors (Lipinski definition) is 1. The molecular weight excluding hydrogens is 246 g/mol. The van der Waals surface area contributed by atoms with Crippen molar-refractivity contribution in [2.24, 2.45) is 0 Å². The molecule has 0 saturated carbocycles. The second-order valence-electron chi connectivity index (χ2n) is 4.04. The number of aliphatic hydroxyl groups excluding tert-OH is 1. The van der Waals surface area contributed by atoms with Crippen molar-refractivity contribution < 1.29 is 9.84 Å². The van der Waals surface area contributed by atoms with Gasteiger partial charge in [-0.3, -0.25) is 0 Å². The average molecular weight is 263 g/mol. The molecule has 0 unspecified atom stereocenters. The Morgan fingerprint density at radius 2 is 2.22 bits per heavy atom. The maximum absolute atomic E-state index is 8.75. The number of benzene rings is 1. The lowest BCUT2D eigenvalue weighted by Gasteiger charge is -2.01. The van der Waals surface area contributed by atoms with E-state index in [4.69, 9.17) is 9.84 Å². The highest BCUT2D eigenvalue weighted by atomic mass is 32.1. The van der Waals surface area contributed by atoms with Crippen LogP contribution in [0.5, 0.6) is 5.75 Å². The van der Waals surface area contributed by atoms with Crippen LogP contribution in [-0.4, -0.2) is 23.8 Å². The van der Waals surface area contributed by atoms with Gasteiger partial charge in [-0.1, -0.05) is 12.1 Å². The lowest BCUT2D eigenvalue weighted by atomic mass is 10.1. The number of hydrogen-bond acceptors (Lipinski definition) is 4. The molecule has 18 heavy (non-hydrogen) atoms. The Kier molecular flexibility index (Phi) is 4.73. The van der Waals surface area contributed by atoms with E-state index in [1.165, 1.54) is 0 Å². The zero-order valence-electron chi connectivity index (χ0n) is 10.4. The topological polar surface area (TPSA) is 42.4 Å². The van der Waals surface area contributed by atoms with Gasteiger partial charge in [0.2, 0.25) is 0 Å². The van der Waals surface area contributed by atoms with Gasteiger partial charge in [-0.25, -0.2) is 4.98 Å². The van der Waals surface area contributed by atoms with Crippen LogP contribution >= 0.6 is 11.3 Å². The molecule has 1 heterocycles. The zero-order chi connectivity index (χ0) is 12.8. The van der Waals surface area contributed by atoms with Crippen LogP contribution in [0.2, 0.25) is 0 Å². The molecule has 1 N–H and O–H groups in total. The van der Waals surface area contributed by atoms with Crippen LogP contribution < -0.4 is 4.74 Å². The Balaban J connectivity index is 2.08. The van der Waals surface area contributed by atoms with E-state index < -0.39 is 0 Å². The lowest BCUT2D eigenvalue weighted by molar-refractivity contribution is 0.284. The first-order valence-corrected chi connectivity index (χ1v) is 6.91. The quantitative estimate of drug-likeness (QED) is 0.814. The molecule has 0 aliphatic rings. The molecule has 0 saturated heterocycles. The van der Waals surface area contributed by atoms with Crippen LogP contribution in [-0.2, 0) is 6.42 Å². The Bertz CT molecular complexity index is 496. The number of aryl methyl sites for hydroxylation is 1. The van der Waals surface area contributed by atoms with E-state index in [1.54, 1.807) is 18.4 Å². The Morgan fingerprint density at radius 1 is 1.33 bits per heavy atom. The van der Waals surface area contributed by atoms with Crippen molar-refractivity contribution in [3.8, 4) is 17.0 Å². The van der Waals surface area contributed by atoms with Crippen molar-refractivity contribution in [1.82, 2.24) is 4.98 Å². The fraction of sp³-hybridized carbons (Fsp3) is 0.357. The summed E-state index contributed by atoms with van der Waals surface area (Å²) < 4.78 is 5.21. The summed E-state index contributed by atoms with van der Waals surface area (Å²) >= 11 is 1.67. The highest BCUT2D eigenvalue weighted by Gasteiger charge is 2.05. The van der Waals surface area contributed by atoms with Crippen LogP contribution in [0.15, 0.2) is 29.6 Å². The molecular formula is C14H17NO2S. The molecule has 3 nitrogen and oxygen atoms in total. The SMILES string of the molecule is COc1cccc(-c2csc(CCCCO)n2)c1. The van der Waals surface area contributed by atoms with Gasteiger partial charge < -0.3 is 9.84 Å². The molecule has 0 amide bonds. The molecule has 2 rings (SSSR count). The van der Waals surface area contributed by atoms with Crippen LogP contribution in [0.4, 0.5) is 0 Å². The molecule has 0 fully saturated rings. The van der Waals surface area contributed by atoms with Gasteiger partial charge in [-0.15, -0.1) is 11.3 Å². The predicted octanol–water partition coefficient (Wildman–Crippen LogP) is 3.13. The van der Waals surface area contributed by atoms with E-state index in [2.05, 4.69) is 10.4 Å². The molecule has 0 atom stereocenters. The van der Waals surface area contributed by atoms with E-state index in [0.717, 1.165) is 41.3 Å². The Hall–Kier alpha value is -1.39. The molecule has 1 aromatic heterocycles. The van der Waals surface area contributed by atoms with Gasteiger partial charge >= 0.3 is 0 Å². The van der Waals surface area contributed by atoms with Crippen LogP contribution in [0.25, 0.3) is 11.3 Å². The first-order chi connectivity index (χ1) is 8.83. The fourth-order valence-electron chi connectivity index (χ4n) is 1.73. The van der Waals surface area contributed by atoms with Gasteiger partial charge in [0.25, 0.3) is 0 Å². The number of methoxy groups -OCH3 is 1. The second-order valence-corrected chi connectivity index (χ2v) is 4.98. The predicted molar refractivity (Wildman–Crippen MR) is 74.1 cm³/mol. The summed E-state index contributed by atoms with van der Waals surface area (Å²) in [6, 6.07) is 7.93. The van der Waals surface area contributed by atoms with Crippen molar-refractivity contribution >= 4 is 11.3 Å². The van der Waals surface area contributed by atoms with Gasteiger partial charge in [0.05, 0.1) is 17.8 Å². The van der Waals surface area contributed by atoms with E-state index in [-0.39, 0.29) is 6.61 Å². The Morgan fingerprint density at radius 3 is 3.00 bits per heavy atom. The molecule has 96 valence electrons. The van der Waals surface area contributed by atoms with Gasteiger partial charge in [0.15, 0.2) is 0 Å². The number of aliphatic hydroxyl groups is 1. The lowest BCUT2D eigenvalue weighted by Crippen LogP contribution is -1.88. The third-order valence-corrected chi connectivity index (χ3v) is 3.62. The van der Waals surface area contributed by atoms with E-state index in [9.17, 15) is 0 Å². The van der Waals surface area contributed by atoms with E-state index >= 15 is 0 Å². The third kappa shape index (κ3) is 3.31. The number of nitrogens with zero attached hydrogens (tertiary/aromatic N) is 1. The zero-order valence-corrected chi connectivity index (χ0v) is 11.2. The van der Waals surface area contributed by atoms with E-state index in [1.807, 2.05) is 24.3 Å². The number of aromatic nitrogens is 1. The minimum absolute atomic E-state index is 0.258. The van der Waals surface area contributed by atoms with Crippen molar-refractivity contribution in [3.63, 3.8) is 0 Å². The number of unbranched alkanes of at least 4 members (excludes halogenated alkanes) is 1. The van der Waals surface area contributed by atoms with Crippen LogP contribution in [0.3, 0.4) is 0 Å². The summed E-state index contributed by atoms with van der Waals surface area (Å²) in [4.78, 5) is 4.61. The normalized spacial score (nSPS) is 10.6.